The number of likely N-dealkylation sites (tertiary alicyclic amines) is 1. The van der Waals surface area contributed by atoms with Gasteiger partial charge in [-0.25, -0.2) is 0 Å². The van der Waals surface area contributed by atoms with Crippen molar-refractivity contribution in [2.75, 3.05) is 20.1 Å². The maximum absolute atomic E-state index is 12.3. The van der Waals surface area contributed by atoms with E-state index in [0.717, 1.165) is 32.5 Å². The average Bonchev–Trinajstić information content (AvgIpc) is 3.14. The molecule has 0 atom stereocenters. The predicted octanol–water partition coefficient (Wildman–Crippen LogP) is 2.81. The zero-order valence-corrected chi connectivity index (χ0v) is 14.0. The molecule has 24 heavy (non-hydrogen) atoms. The van der Waals surface area contributed by atoms with Gasteiger partial charge in [0.25, 0.3) is 0 Å². The lowest BCUT2D eigenvalue weighted by Crippen LogP contribution is -2.44. The average molecular weight is 325 g/mol. The summed E-state index contributed by atoms with van der Waals surface area (Å²) >= 11 is 0. The van der Waals surface area contributed by atoms with Crippen LogP contribution in [0.25, 0.3) is 6.08 Å². The Bertz CT molecular complexity index is 659. The summed E-state index contributed by atoms with van der Waals surface area (Å²) in [6.45, 7) is 2.96. The highest BCUT2D eigenvalue weighted by Crippen LogP contribution is 2.18. The molecule has 0 saturated carbocycles. The highest BCUT2D eigenvalue weighted by molar-refractivity contribution is 5.91. The minimum atomic E-state index is 0.0268. The molecular weight excluding hydrogens is 302 g/mol. The summed E-state index contributed by atoms with van der Waals surface area (Å²) in [7, 11) is 1.89. The van der Waals surface area contributed by atoms with E-state index in [2.05, 4.69) is 22.0 Å². The molecule has 5 heteroatoms. The Morgan fingerprint density at radius 2 is 2.08 bits per heavy atom. The number of nitrogens with zero attached hydrogens (tertiary/aromatic N) is 3. The van der Waals surface area contributed by atoms with Crippen molar-refractivity contribution in [2.45, 2.75) is 25.4 Å². The number of hydrogen-bond acceptors (Lipinski definition) is 4. The van der Waals surface area contributed by atoms with E-state index in [1.807, 2.05) is 36.5 Å². The van der Waals surface area contributed by atoms with Crippen LogP contribution in [0.3, 0.4) is 0 Å². The summed E-state index contributed by atoms with van der Waals surface area (Å²) in [4.78, 5) is 20.6. The molecule has 1 aliphatic heterocycles. The van der Waals surface area contributed by atoms with Crippen molar-refractivity contribution in [2.24, 2.45) is 0 Å². The molecule has 5 nitrogen and oxygen atoms in total. The molecule has 126 valence electrons. The van der Waals surface area contributed by atoms with Crippen LogP contribution in [0.1, 0.15) is 24.2 Å². The van der Waals surface area contributed by atoms with Gasteiger partial charge < -0.3 is 9.32 Å². The molecular formula is C19H23N3O2. The van der Waals surface area contributed by atoms with Gasteiger partial charge in [0.1, 0.15) is 5.76 Å². The number of piperidine rings is 1. The van der Waals surface area contributed by atoms with Crippen LogP contribution in [0.4, 0.5) is 0 Å². The molecule has 0 N–H and O–H groups in total. The molecule has 2 aromatic heterocycles. The van der Waals surface area contributed by atoms with E-state index in [0.29, 0.717) is 11.8 Å². The quantitative estimate of drug-likeness (QED) is 0.793. The van der Waals surface area contributed by atoms with E-state index in [4.69, 9.17) is 4.42 Å². The first-order valence-corrected chi connectivity index (χ1v) is 8.32. The molecule has 0 unspecified atom stereocenters. The van der Waals surface area contributed by atoms with Crippen molar-refractivity contribution >= 4 is 12.0 Å². The molecule has 2 aromatic rings. The third-order valence-electron chi connectivity index (χ3n) is 4.54. The van der Waals surface area contributed by atoms with Crippen molar-refractivity contribution in [3.63, 3.8) is 0 Å². The largest absolute Gasteiger partial charge is 0.465 e. The number of pyridine rings is 1. The number of amides is 1. The lowest BCUT2D eigenvalue weighted by molar-refractivity contribution is -0.127. The van der Waals surface area contributed by atoms with Crippen LogP contribution in [0.2, 0.25) is 0 Å². The Labute approximate surface area is 142 Å². The van der Waals surface area contributed by atoms with Crippen molar-refractivity contribution in [1.29, 1.82) is 0 Å². The van der Waals surface area contributed by atoms with Gasteiger partial charge in [-0.3, -0.25) is 14.7 Å². The van der Waals surface area contributed by atoms with Gasteiger partial charge in [0.2, 0.25) is 5.91 Å². The molecule has 0 spiro atoms. The second kappa shape index (κ2) is 7.93. The normalized spacial score (nSPS) is 16.5. The van der Waals surface area contributed by atoms with Crippen molar-refractivity contribution in [1.82, 2.24) is 14.8 Å². The predicted molar refractivity (Wildman–Crippen MR) is 93.0 cm³/mol. The Morgan fingerprint density at radius 3 is 2.75 bits per heavy atom. The Balaban J connectivity index is 1.48. The number of hydrogen-bond donors (Lipinski definition) is 0. The zero-order valence-electron chi connectivity index (χ0n) is 14.0. The number of carbonyl (C=O) groups excluding carboxylic acids is 1. The van der Waals surface area contributed by atoms with Crippen LogP contribution in [-0.4, -0.2) is 46.9 Å². The first-order chi connectivity index (χ1) is 11.7. The summed E-state index contributed by atoms with van der Waals surface area (Å²) in [5, 5.41) is 0. The summed E-state index contributed by atoms with van der Waals surface area (Å²) in [5.41, 5.74) is 1.29. The van der Waals surface area contributed by atoms with Gasteiger partial charge in [-0.2, -0.15) is 0 Å². The molecule has 1 saturated heterocycles. The minimum absolute atomic E-state index is 0.0268. The number of carbonyl (C=O) groups is 1. The first kappa shape index (κ1) is 16.5. The maximum atomic E-state index is 12.3. The zero-order chi connectivity index (χ0) is 16.8. The topological polar surface area (TPSA) is 49.6 Å². The summed E-state index contributed by atoms with van der Waals surface area (Å²) < 4.78 is 5.21. The van der Waals surface area contributed by atoms with E-state index in [9.17, 15) is 4.79 Å². The summed E-state index contributed by atoms with van der Waals surface area (Å²) in [5.74, 6) is 0.725. The van der Waals surface area contributed by atoms with E-state index in [1.54, 1.807) is 18.4 Å². The molecule has 0 radical (unpaired) electrons. The maximum Gasteiger partial charge on any atom is 0.246 e. The third-order valence-corrected chi connectivity index (χ3v) is 4.54. The molecule has 1 fully saturated rings. The van der Waals surface area contributed by atoms with Crippen molar-refractivity contribution in [3.8, 4) is 0 Å². The van der Waals surface area contributed by atoms with Gasteiger partial charge >= 0.3 is 0 Å². The highest BCUT2D eigenvalue weighted by atomic mass is 16.3. The van der Waals surface area contributed by atoms with E-state index >= 15 is 0 Å². The van der Waals surface area contributed by atoms with Gasteiger partial charge in [-0.1, -0.05) is 0 Å². The van der Waals surface area contributed by atoms with Gasteiger partial charge in [0.05, 0.1) is 6.26 Å². The highest BCUT2D eigenvalue weighted by Gasteiger charge is 2.24. The van der Waals surface area contributed by atoms with E-state index < -0.39 is 0 Å². The molecule has 1 aliphatic rings. The molecule has 1 amide bonds. The molecule has 3 heterocycles. The second-order valence-electron chi connectivity index (χ2n) is 6.16. The molecule has 0 bridgehead atoms. The number of rotatable bonds is 5. The van der Waals surface area contributed by atoms with Crippen LogP contribution in [0.5, 0.6) is 0 Å². The van der Waals surface area contributed by atoms with Crippen molar-refractivity contribution in [3.05, 3.63) is 60.3 Å². The monoisotopic (exact) mass is 325 g/mol. The fraction of sp³-hybridized carbons (Fsp3) is 0.368. The molecule has 3 rings (SSSR count). The standard InChI is InChI=1S/C19H23N3O2/c1-21(19(23)5-4-18-3-2-14-24-18)17-8-12-22(13-9-17)15-16-6-10-20-11-7-16/h2-7,10-11,14,17H,8-9,12-13,15H2,1H3/b5-4-. The van der Waals surface area contributed by atoms with Crippen LogP contribution in [0.15, 0.2) is 53.4 Å². The van der Waals surface area contributed by atoms with E-state index in [-0.39, 0.29) is 5.91 Å². The number of furan rings is 1. The lowest BCUT2D eigenvalue weighted by Gasteiger charge is -2.36. The fourth-order valence-corrected chi connectivity index (χ4v) is 3.05. The molecule has 0 aromatic carbocycles. The second-order valence-corrected chi connectivity index (χ2v) is 6.16. The Kier molecular flexibility index (Phi) is 5.43. The van der Waals surface area contributed by atoms with Gasteiger partial charge in [0, 0.05) is 51.2 Å². The summed E-state index contributed by atoms with van der Waals surface area (Å²) in [6, 6.07) is 8.06. The first-order valence-electron chi connectivity index (χ1n) is 8.32. The Hall–Kier alpha value is -2.40. The van der Waals surface area contributed by atoms with Crippen LogP contribution >= 0.6 is 0 Å². The number of aromatic nitrogens is 1. The Morgan fingerprint density at radius 1 is 1.33 bits per heavy atom. The smallest absolute Gasteiger partial charge is 0.246 e. The third kappa shape index (κ3) is 4.32. The minimum Gasteiger partial charge on any atom is -0.465 e. The number of likely N-dealkylation sites (N-methyl/N-ethyl adjacent to an activating group) is 1. The SMILES string of the molecule is CN(C(=O)/C=C\c1ccco1)C1CCN(Cc2ccncc2)CC1. The van der Waals surface area contributed by atoms with Crippen molar-refractivity contribution < 1.29 is 9.21 Å². The van der Waals surface area contributed by atoms with E-state index in [1.165, 1.54) is 5.56 Å². The van der Waals surface area contributed by atoms with Gasteiger partial charge in [0.15, 0.2) is 0 Å². The van der Waals surface area contributed by atoms with Crippen LogP contribution in [-0.2, 0) is 11.3 Å². The van der Waals surface area contributed by atoms with Gasteiger partial charge in [-0.15, -0.1) is 0 Å². The summed E-state index contributed by atoms with van der Waals surface area (Å²) in [6.07, 6.45) is 10.6. The lowest BCUT2D eigenvalue weighted by atomic mass is 10.0. The van der Waals surface area contributed by atoms with Crippen LogP contribution in [0, 0.1) is 0 Å². The van der Waals surface area contributed by atoms with Gasteiger partial charge in [-0.05, 0) is 48.7 Å². The molecule has 0 aliphatic carbocycles. The fourth-order valence-electron chi connectivity index (χ4n) is 3.05. The van der Waals surface area contributed by atoms with Crippen LogP contribution < -0.4 is 0 Å².